The smallest absolute Gasteiger partial charge is 0.129 e. The number of hydrogen-bond donors (Lipinski definition) is 1. The van der Waals surface area contributed by atoms with Crippen molar-refractivity contribution in [2.24, 2.45) is 11.7 Å². The second-order valence-corrected chi connectivity index (χ2v) is 6.36. The monoisotopic (exact) mass is 274 g/mol. The predicted molar refractivity (Wildman–Crippen MR) is 82.8 cm³/mol. The molecule has 1 aromatic heterocycles. The first kappa shape index (κ1) is 13.8. The maximum Gasteiger partial charge on any atom is 0.129 e. The summed E-state index contributed by atoms with van der Waals surface area (Å²) in [6.07, 6.45) is 3.95. The Kier molecular flexibility index (Phi) is 3.94. The minimum Gasteiger partial charge on any atom is -0.356 e. The molecule has 2 aliphatic heterocycles. The van der Waals surface area contributed by atoms with Gasteiger partial charge in [0.25, 0.3) is 0 Å². The molecule has 2 atom stereocenters. The molecule has 2 aliphatic rings. The van der Waals surface area contributed by atoms with E-state index in [0.717, 1.165) is 36.6 Å². The molecular formula is C16H26N4. The van der Waals surface area contributed by atoms with Crippen LogP contribution in [0.25, 0.3) is 0 Å². The average Bonchev–Trinajstić information content (AvgIpc) is 2.46. The quantitative estimate of drug-likeness (QED) is 0.893. The molecule has 0 bridgehead atoms. The van der Waals surface area contributed by atoms with Crippen molar-refractivity contribution in [3.63, 3.8) is 0 Å². The van der Waals surface area contributed by atoms with Crippen LogP contribution in [0, 0.1) is 12.8 Å². The zero-order chi connectivity index (χ0) is 14.1. The lowest BCUT2D eigenvalue weighted by molar-refractivity contribution is 0.102. The minimum atomic E-state index is 0.596. The number of aromatic nitrogens is 1. The molecule has 2 fully saturated rings. The highest BCUT2D eigenvalue weighted by atomic mass is 15.2. The fourth-order valence-electron chi connectivity index (χ4n) is 3.86. The van der Waals surface area contributed by atoms with Gasteiger partial charge >= 0.3 is 0 Å². The molecule has 1 aromatic rings. The van der Waals surface area contributed by atoms with Gasteiger partial charge in [-0.05, 0) is 63.4 Å². The molecule has 2 unspecified atom stereocenters. The molecule has 0 radical (unpaired) electrons. The van der Waals surface area contributed by atoms with E-state index in [1.807, 2.05) is 0 Å². The van der Waals surface area contributed by atoms with E-state index >= 15 is 0 Å². The maximum absolute atomic E-state index is 5.79. The Labute approximate surface area is 122 Å². The number of anilines is 1. The lowest BCUT2D eigenvalue weighted by atomic mass is 9.84. The first-order valence-electron chi connectivity index (χ1n) is 7.80. The fourth-order valence-corrected chi connectivity index (χ4v) is 3.86. The number of piperidine rings is 2. The van der Waals surface area contributed by atoms with Crippen molar-refractivity contribution >= 4 is 5.82 Å². The van der Waals surface area contributed by atoms with Gasteiger partial charge in [-0.1, -0.05) is 0 Å². The van der Waals surface area contributed by atoms with E-state index in [0.29, 0.717) is 6.54 Å². The van der Waals surface area contributed by atoms with Crippen LogP contribution in [0.5, 0.6) is 0 Å². The van der Waals surface area contributed by atoms with Gasteiger partial charge in [0, 0.05) is 31.4 Å². The lowest BCUT2D eigenvalue weighted by Gasteiger charge is -2.46. The van der Waals surface area contributed by atoms with Gasteiger partial charge in [-0.2, -0.15) is 0 Å². The van der Waals surface area contributed by atoms with Gasteiger partial charge in [-0.3, -0.25) is 0 Å². The molecule has 20 heavy (non-hydrogen) atoms. The van der Waals surface area contributed by atoms with Crippen molar-refractivity contribution in [2.45, 2.75) is 38.8 Å². The summed E-state index contributed by atoms with van der Waals surface area (Å²) in [5.41, 5.74) is 8.05. The number of rotatable bonds is 2. The van der Waals surface area contributed by atoms with Crippen molar-refractivity contribution in [3.05, 3.63) is 23.4 Å². The maximum atomic E-state index is 5.79. The number of fused-ring (bicyclic) bond motifs is 1. The lowest BCUT2D eigenvalue weighted by Crippen LogP contribution is -2.52. The number of pyridine rings is 1. The minimum absolute atomic E-state index is 0.596. The number of nitrogens with zero attached hydrogens (tertiary/aromatic N) is 3. The van der Waals surface area contributed by atoms with Crippen molar-refractivity contribution in [1.82, 2.24) is 9.88 Å². The van der Waals surface area contributed by atoms with Gasteiger partial charge in [0.1, 0.15) is 5.82 Å². The van der Waals surface area contributed by atoms with Crippen molar-refractivity contribution in [2.75, 3.05) is 31.6 Å². The molecule has 3 heterocycles. The fraction of sp³-hybridized carbons (Fsp3) is 0.688. The summed E-state index contributed by atoms with van der Waals surface area (Å²) < 4.78 is 0. The van der Waals surface area contributed by atoms with E-state index < -0.39 is 0 Å². The normalized spacial score (nSPS) is 27.4. The van der Waals surface area contributed by atoms with Gasteiger partial charge < -0.3 is 15.5 Å². The van der Waals surface area contributed by atoms with Crippen LogP contribution < -0.4 is 10.6 Å². The third kappa shape index (κ3) is 2.67. The summed E-state index contributed by atoms with van der Waals surface area (Å²) in [7, 11) is 2.28. The summed E-state index contributed by atoms with van der Waals surface area (Å²) in [5.74, 6) is 1.92. The van der Waals surface area contributed by atoms with Crippen molar-refractivity contribution in [3.8, 4) is 0 Å². The first-order valence-corrected chi connectivity index (χ1v) is 7.80. The Morgan fingerprint density at radius 1 is 1.30 bits per heavy atom. The van der Waals surface area contributed by atoms with Gasteiger partial charge in [0.2, 0.25) is 0 Å². The van der Waals surface area contributed by atoms with E-state index in [-0.39, 0.29) is 0 Å². The van der Waals surface area contributed by atoms with E-state index in [2.05, 4.69) is 35.9 Å². The van der Waals surface area contributed by atoms with Crippen molar-refractivity contribution in [1.29, 1.82) is 0 Å². The Hall–Kier alpha value is -1.13. The second-order valence-electron chi connectivity index (χ2n) is 6.36. The predicted octanol–water partition coefficient (Wildman–Crippen LogP) is 1.77. The molecule has 2 saturated heterocycles. The average molecular weight is 274 g/mol. The standard InChI is InChI=1S/C16H26N4/c1-12-8-13(10-17)9-16(18-12)20-7-5-15-14(11-20)4-3-6-19(15)2/h8-9,14-15H,3-7,10-11,17H2,1-2H3. The number of hydrogen-bond acceptors (Lipinski definition) is 4. The van der Waals surface area contributed by atoms with Crippen molar-refractivity contribution < 1.29 is 0 Å². The van der Waals surface area contributed by atoms with Crippen LogP contribution in [0.2, 0.25) is 0 Å². The van der Waals surface area contributed by atoms with Crippen LogP contribution in [0.4, 0.5) is 5.82 Å². The molecule has 2 N–H and O–H groups in total. The van der Waals surface area contributed by atoms with Gasteiger partial charge in [0.05, 0.1) is 0 Å². The molecule has 3 rings (SSSR count). The number of aryl methyl sites for hydroxylation is 1. The molecule has 0 saturated carbocycles. The second kappa shape index (κ2) is 5.70. The van der Waals surface area contributed by atoms with E-state index in [1.165, 1.54) is 31.4 Å². The topological polar surface area (TPSA) is 45.4 Å². The zero-order valence-corrected chi connectivity index (χ0v) is 12.7. The van der Waals surface area contributed by atoms with E-state index in [4.69, 9.17) is 10.7 Å². The first-order chi connectivity index (χ1) is 9.67. The summed E-state index contributed by atoms with van der Waals surface area (Å²) in [4.78, 5) is 9.74. The highest BCUT2D eigenvalue weighted by Gasteiger charge is 2.34. The highest BCUT2D eigenvalue weighted by Crippen LogP contribution is 2.31. The Morgan fingerprint density at radius 3 is 2.95 bits per heavy atom. The molecule has 0 aromatic carbocycles. The molecule has 4 heteroatoms. The molecule has 110 valence electrons. The van der Waals surface area contributed by atoms with Gasteiger partial charge in [0.15, 0.2) is 0 Å². The number of likely N-dealkylation sites (tertiary alicyclic amines) is 1. The van der Waals surface area contributed by atoms with Crippen LogP contribution in [0.15, 0.2) is 12.1 Å². The van der Waals surface area contributed by atoms with E-state index in [1.54, 1.807) is 0 Å². The van der Waals surface area contributed by atoms with Crippen LogP contribution in [-0.4, -0.2) is 42.6 Å². The zero-order valence-electron chi connectivity index (χ0n) is 12.7. The molecule has 0 amide bonds. The third-order valence-electron chi connectivity index (χ3n) is 4.91. The van der Waals surface area contributed by atoms with Gasteiger partial charge in [-0.25, -0.2) is 4.98 Å². The Balaban J connectivity index is 1.77. The summed E-state index contributed by atoms with van der Waals surface area (Å²) in [6, 6.07) is 5.03. The van der Waals surface area contributed by atoms with Crippen LogP contribution >= 0.6 is 0 Å². The summed E-state index contributed by atoms with van der Waals surface area (Å²) >= 11 is 0. The molecule has 0 aliphatic carbocycles. The van der Waals surface area contributed by atoms with Crippen LogP contribution in [0.3, 0.4) is 0 Å². The summed E-state index contributed by atoms with van der Waals surface area (Å²) in [6.45, 7) is 6.19. The Morgan fingerprint density at radius 2 is 2.15 bits per heavy atom. The molecular weight excluding hydrogens is 248 g/mol. The Bertz CT molecular complexity index is 474. The number of nitrogens with two attached hydrogens (primary N) is 1. The molecule has 4 nitrogen and oxygen atoms in total. The summed E-state index contributed by atoms with van der Waals surface area (Å²) in [5, 5.41) is 0. The highest BCUT2D eigenvalue weighted by molar-refractivity contribution is 5.43. The largest absolute Gasteiger partial charge is 0.356 e. The third-order valence-corrected chi connectivity index (χ3v) is 4.91. The van der Waals surface area contributed by atoms with Gasteiger partial charge in [-0.15, -0.1) is 0 Å². The van der Waals surface area contributed by atoms with E-state index in [9.17, 15) is 0 Å². The molecule has 0 spiro atoms. The van der Waals surface area contributed by atoms with Crippen LogP contribution in [-0.2, 0) is 6.54 Å². The SMILES string of the molecule is Cc1cc(CN)cc(N2CCC3C(CCCN3C)C2)n1. The van der Waals surface area contributed by atoms with Crippen LogP contribution in [0.1, 0.15) is 30.5 Å².